The predicted octanol–water partition coefficient (Wildman–Crippen LogP) is 1.92. The Kier molecular flexibility index (Phi) is 3.78. The molecule has 1 fully saturated rings. The van der Waals surface area contributed by atoms with Crippen molar-refractivity contribution in [1.82, 2.24) is 24.5 Å². The Morgan fingerprint density at radius 2 is 2.12 bits per heavy atom. The third kappa shape index (κ3) is 2.67. The minimum absolute atomic E-state index is 0.0814. The van der Waals surface area contributed by atoms with Crippen molar-refractivity contribution >= 4 is 21.1 Å². The Morgan fingerprint density at radius 3 is 2.96 bits per heavy atom. The summed E-state index contributed by atoms with van der Waals surface area (Å²) < 4.78 is 27.1. The third-order valence-corrected chi connectivity index (χ3v) is 6.25. The SMILES string of the molecule is O=S(=O)(c1cccnc1)N1CCC[C@@H](c2ccc3cn[nH]c3n2)C1. The number of hydrogen-bond donors (Lipinski definition) is 1. The topological polar surface area (TPSA) is 91.8 Å². The van der Waals surface area contributed by atoms with Crippen LogP contribution in [0.25, 0.3) is 11.0 Å². The van der Waals surface area contributed by atoms with E-state index in [9.17, 15) is 8.42 Å². The zero-order valence-electron chi connectivity index (χ0n) is 13.0. The molecule has 1 saturated heterocycles. The molecule has 1 atom stereocenters. The summed E-state index contributed by atoms with van der Waals surface area (Å²) in [5.41, 5.74) is 1.64. The van der Waals surface area contributed by atoms with Crippen molar-refractivity contribution in [1.29, 1.82) is 0 Å². The number of sulfonamides is 1. The molecule has 1 aliphatic rings. The fourth-order valence-electron chi connectivity index (χ4n) is 3.12. The molecule has 124 valence electrons. The minimum Gasteiger partial charge on any atom is -0.263 e. The largest absolute Gasteiger partial charge is 0.263 e. The number of aromatic nitrogens is 4. The van der Waals surface area contributed by atoms with Gasteiger partial charge in [-0.05, 0) is 37.1 Å². The molecule has 0 unspecified atom stereocenters. The lowest BCUT2D eigenvalue weighted by molar-refractivity contribution is 0.313. The normalized spacial score (nSPS) is 19.6. The summed E-state index contributed by atoms with van der Waals surface area (Å²) in [4.78, 5) is 8.76. The third-order valence-electron chi connectivity index (χ3n) is 4.40. The zero-order valence-corrected chi connectivity index (χ0v) is 13.8. The van der Waals surface area contributed by atoms with Gasteiger partial charge in [0, 0.05) is 42.5 Å². The lowest BCUT2D eigenvalue weighted by atomic mass is 9.95. The van der Waals surface area contributed by atoms with E-state index in [-0.39, 0.29) is 10.8 Å². The van der Waals surface area contributed by atoms with E-state index in [1.165, 1.54) is 10.5 Å². The van der Waals surface area contributed by atoms with Gasteiger partial charge in [-0.25, -0.2) is 13.4 Å². The monoisotopic (exact) mass is 343 g/mol. The van der Waals surface area contributed by atoms with E-state index in [1.807, 2.05) is 12.1 Å². The Bertz CT molecular complexity index is 955. The Balaban J connectivity index is 1.61. The molecule has 8 heteroatoms. The fourth-order valence-corrected chi connectivity index (χ4v) is 4.61. The molecule has 0 bridgehead atoms. The summed E-state index contributed by atoms with van der Waals surface area (Å²) in [7, 11) is -3.51. The van der Waals surface area contributed by atoms with Crippen LogP contribution in [0.4, 0.5) is 0 Å². The second kappa shape index (κ2) is 5.95. The van der Waals surface area contributed by atoms with E-state index in [2.05, 4.69) is 20.2 Å². The number of hydrogen-bond acceptors (Lipinski definition) is 5. The zero-order chi connectivity index (χ0) is 16.6. The molecule has 0 aromatic carbocycles. The van der Waals surface area contributed by atoms with Gasteiger partial charge in [0.05, 0.1) is 6.20 Å². The van der Waals surface area contributed by atoms with E-state index in [0.717, 1.165) is 29.6 Å². The van der Waals surface area contributed by atoms with Gasteiger partial charge in [-0.15, -0.1) is 0 Å². The average Bonchev–Trinajstić information content (AvgIpc) is 3.10. The van der Waals surface area contributed by atoms with Gasteiger partial charge in [0.15, 0.2) is 5.65 Å². The van der Waals surface area contributed by atoms with Crippen LogP contribution < -0.4 is 0 Å². The molecule has 7 nitrogen and oxygen atoms in total. The molecule has 4 rings (SSSR count). The molecule has 0 radical (unpaired) electrons. The van der Waals surface area contributed by atoms with Crippen LogP contribution in [-0.2, 0) is 10.0 Å². The highest BCUT2D eigenvalue weighted by Gasteiger charge is 2.31. The maximum atomic E-state index is 12.8. The van der Waals surface area contributed by atoms with Gasteiger partial charge in [0.25, 0.3) is 0 Å². The van der Waals surface area contributed by atoms with Crippen LogP contribution in [0.3, 0.4) is 0 Å². The smallest absolute Gasteiger partial charge is 0.244 e. The molecule has 0 amide bonds. The van der Waals surface area contributed by atoms with E-state index in [4.69, 9.17) is 0 Å². The maximum absolute atomic E-state index is 12.8. The van der Waals surface area contributed by atoms with Crippen molar-refractivity contribution < 1.29 is 8.42 Å². The quantitative estimate of drug-likeness (QED) is 0.784. The van der Waals surface area contributed by atoms with Crippen molar-refractivity contribution in [2.75, 3.05) is 13.1 Å². The molecule has 3 aromatic rings. The Labute approximate surface area is 139 Å². The van der Waals surface area contributed by atoms with E-state index >= 15 is 0 Å². The fraction of sp³-hybridized carbons (Fsp3) is 0.312. The average molecular weight is 343 g/mol. The molecule has 0 aliphatic carbocycles. The first-order chi connectivity index (χ1) is 11.6. The summed E-state index contributed by atoms with van der Waals surface area (Å²) in [6.07, 6.45) is 6.43. The summed E-state index contributed by atoms with van der Waals surface area (Å²) in [6, 6.07) is 7.15. The first-order valence-electron chi connectivity index (χ1n) is 7.85. The molecule has 1 N–H and O–H groups in total. The molecule has 0 spiro atoms. The number of nitrogens with one attached hydrogen (secondary N) is 1. The first kappa shape index (κ1) is 15.2. The second-order valence-corrected chi connectivity index (χ2v) is 7.87. The lowest BCUT2D eigenvalue weighted by Crippen LogP contribution is -2.39. The van der Waals surface area contributed by atoms with Crippen LogP contribution in [0.2, 0.25) is 0 Å². The van der Waals surface area contributed by atoms with Gasteiger partial charge in [-0.2, -0.15) is 9.40 Å². The Morgan fingerprint density at radius 1 is 1.21 bits per heavy atom. The number of piperidine rings is 1. The van der Waals surface area contributed by atoms with Gasteiger partial charge >= 0.3 is 0 Å². The number of H-pyrrole nitrogens is 1. The minimum atomic E-state index is -3.51. The summed E-state index contributed by atoms with van der Waals surface area (Å²) in [5, 5.41) is 7.80. The standard InChI is InChI=1S/C16H17N5O2S/c22-24(23,14-4-1-7-17-10-14)21-8-2-3-13(11-21)15-6-5-12-9-18-20-16(12)19-15/h1,4-7,9-10,13H,2-3,8,11H2,(H,18,19,20)/t13-/m1/s1. The van der Waals surface area contributed by atoms with Gasteiger partial charge in [-0.1, -0.05) is 0 Å². The highest BCUT2D eigenvalue weighted by molar-refractivity contribution is 7.89. The molecule has 4 heterocycles. The van der Waals surface area contributed by atoms with Crippen LogP contribution in [0, 0.1) is 0 Å². The molecule has 24 heavy (non-hydrogen) atoms. The van der Waals surface area contributed by atoms with E-state index in [0.29, 0.717) is 13.1 Å². The van der Waals surface area contributed by atoms with Crippen LogP contribution >= 0.6 is 0 Å². The van der Waals surface area contributed by atoms with Crippen molar-refractivity contribution in [3.8, 4) is 0 Å². The van der Waals surface area contributed by atoms with E-state index < -0.39 is 10.0 Å². The summed E-state index contributed by atoms with van der Waals surface area (Å²) in [6.45, 7) is 0.962. The van der Waals surface area contributed by atoms with E-state index in [1.54, 1.807) is 24.5 Å². The van der Waals surface area contributed by atoms with Crippen LogP contribution in [0.15, 0.2) is 47.8 Å². The van der Waals surface area contributed by atoms with Crippen molar-refractivity contribution in [2.45, 2.75) is 23.7 Å². The van der Waals surface area contributed by atoms with Crippen molar-refractivity contribution in [3.05, 3.63) is 48.5 Å². The van der Waals surface area contributed by atoms with Gasteiger partial charge in [0.2, 0.25) is 10.0 Å². The molecule has 0 saturated carbocycles. The number of aromatic amines is 1. The summed E-state index contributed by atoms with van der Waals surface area (Å²) in [5.74, 6) is 0.0814. The number of rotatable bonds is 3. The lowest BCUT2D eigenvalue weighted by Gasteiger charge is -2.31. The van der Waals surface area contributed by atoms with Crippen LogP contribution in [-0.4, -0.2) is 46.0 Å². The van der Waals surface area contributed by atoms with Gasteiger partial charge < -0.3 is 0 Å². The first-order valence-corrected chi connectivity index (χ1v) is 9.29. The van der Waals surface area contributed by atoms with Gasteiger partial charge in [0.1, 0.15) is 4.90 Å². The highest BCUT2D eigenvalue weighted by atomic mass is 32.2. The van der Waals surface area contributed by atoms with Crippen LogP contribution in [0.1, 0.15) is 24.5 Å². The predicted molar refractivity (Wildman–Crippen MR) is 88.9 cm³/mol. The number of pyridine rings is 2. The number of nitrogens with zero attached hydrogens (tertiary/aromatic N) is 4. The van der Waals surface area contributed by atoms with Crippen molar-refractivity contribution in [2.24, 2.45) is 0 Å². The highest BCUT2D eigenvalue weighted by Crippen LogP contribution is 2.29. The van der Waals surface area contributed by atoms with Crippen LogP contribution in [0.5, 0.6) is 0 Å². The van der Waals surface area contributed by atoms with Gasteiger partial charge in [-0.3, -0.25) is 10.1 Å². The molecular weight excluding hydrogens is 326 g/mol. The molecule has 1 aliphatic heterocycles. The number of fused-ring (bicyclic) bond motifs is 1. The summed E-state index contributed by atoms with van der Waals surface area (Å²) >= 11 is 0. The maximum Gasteiger partial charge on any atom is 0.244 e. The van der Waals surface area contributed by atoms with Crippen molar-refractivity contribution in [3.63, 3.8) is 0 Å². The molecular formula is C16H17N5O2S. The Hall–Kier alpha value is -2.32. The second-order valence-electron chi connectivity index (χ2n) is 5.93. The molecule has 3 aromatic heterocycles.